The van der Waals surface area contributed by atoms with Crippen molar-refractivity contribution in [1.29, 1.82) is 0 Å². The molecule has 148 valence electrons. The maximum Gasteiger partial charge on any atom is 0.273 e. The average molecular weight is 381 g/mol. The zero-order valence-corrected chi connectivity index (χ0v) is 17.1. The molecule has 0 bridgehead atoms. The van der Waals surface area contributed by atoms with Crippen molar-refractivity contribution in [2.75, 3.05) is 13.1 Å². The third kappa shape index (κ3) is 3.87. The molecule has 2 aromatic rings. The first kappa shape index (κ1) is 19.9. The van der Waals surface area contributed by atoms with Crippen LogP contribution in [0.1, 0.15) is 62.0 Å². The van der Waals surface area contributed by atoms with Gasteiger partial charge in [0, 0.05) is 24.1 Å². The predicted molar refractivity (Wildman–Crippen MR) is 109 cm³/mol. The number of carbonyl (C=O) groups is 1. The summed E-state index contributed by atoms with van der Waals surface area (Å²) in [6.07, 6.45) is 4.87. The molecule has 3 rings (SSSR count). The second-order valence-corrected chi connectivity index (χ2v) is 7.10. The average Bonchev–Trinajstić information content (AvgIpc) is 3.20. The van der Waals surface area contributed by atoms with Crippen LogP contribution in [0.2, 0.25) is 0 Å². The fourth-order valence-corrected chi connectivity index (χ4v) is 3.50. The number of hydrogen-bond acceptors (Lipinski definition) is 6. The monoisotopic (exact) mass is 381 g/mol. The van der Waals surface area contributed by atoms with E-state index in [2.05, 4.69) is 70.2 Å². The number of amides is 1. The van der Waals surface area contributed by atoms with Crippen LogP contribution in [0, 0.1) is 6.92 Å². The molecule has 0 saturated carbocycles. The van der Waals surface area contributed by atoms with Crippen LogP contribution in [0.5, 0.6) is 0 Å². The van der Waals surface area contributed by atoms with Crippen molar-refractivity contribution in [1.82, 2.24) is 30.5 Å². The summed E-state index contributed by atoms with van der Waals surface area (Å²) in [6.45, 7) is 13.6. The number of carbonyl (C=O) groups excluding carboxylic acids is 1. The van der Waals surface area contributed by atoms with Gasteiger partial charge >= 0.3 is 0 Å². The molecule has 2 N–H and O–H groups in total. The Labute approximate surface area is 165 Å². The Morgan fingerprint density at radius 3 is 2.57 bits per heavy atom. The van der Waals surface area contributed by atoms with Crippen LogP contribution in [-0.4, -0.2) is 49.8 Å². The lowest BCUT2D eigenvalue weighted by molar-refractivity contribution is -0.116. The van der Waals surface area contributed by atoms with Crippen LogP contribution in [0.25, 0.3) is 6.08 Å². The number of nitrogens with one attached hydrogen (secondary N) is 2. The zero-order chi connectivity index (χ0) is 20.3. The number of aromatic amines is 1. The van der Waals surface area contributed by atoms with E-state index in [1.807, 2.05) is 6.08 Å². The summed E-state index contributed by atoms with van der Waals surface area (Å²) < 4.78 is 0. The molecule has 0 unspecified atom stereocenters. The molecule has 2 aromatic heterocycles. The minimum absolute atomic E-state index is 0.269. The van der Waals surface area contributed by atoms with Crippen LogP contribution in [0.4, 0.5) is 0 Å². The smallest absolute Gasteiger partial charge is 0.273 e. The van der Waals surface area contributed by atoms with Crippen LogP contribution >= 0.6 is 0 Å². The fourth-order valence-electron chi connectivity index (χ4n) is 3.50. The molecule has 1 amide bonds. The maximum absolute atomic E-state index is 12.4. The second-order valence-electron chi connectivity index (χ2n) is 7.10. The molecular weight excluding hydrogens is 354 g/mol. The quantitative estimate of drug-likeness (QED) is 0.718. The second kappa shape index (κ2) is 8.43. The summed E-state index contributed by atoms with van der Waals surface area (Å²) >= 11 is 0. The highest BCUT2D eigenvalue weighted by atomic mass is 16.2. The number of rotatable bonds is 7. The predicted octanol–water partition coefficient (Wildman–Crippen LogP) is 2.39. The van der Waals surface area contributed by atoms with Gasteiger partial charge in [-0.15, -0.1) is 5.10 Å². The lowest BCUT2D eigenvalue weighted by Gasteiger charge is -2.20. The molecular formula is C20H27N7O. The molecule has 0 fully saturated rings. The molecule has 1 aliphatic heterocycles. The van der Waals surface area contributed by atoms with E-state index in [9.17, 15) is 4.79 Å². The third-order valence-corrected chi connectivity index (χ3v) is 5.00. The Morgan fingerprint density at radius 2 is 1.96 bits per heavy atom. The van der Waals surface area contributed by atoms with Gasteiger partial charge in [-0.05, 0) is 43.1 Å². The Morgan fingerprint density at radius 1 is 1.21 bits per heavy atom. The molecule has 0 saturated heterocycles. The van der Waals surface area contributed by atoms with Crippen molar-refractivity contribution in [2.24, 2.45) is 5.10 Å². The van der Waals surface area contributed by atoms with Gasteiger partial charge in [0.2, 0.25) is 5.82 Å². The lowest BCUT2D eigenvalue weighted by Crippen LogP contribution is -2.23. The van der Waals surface area contributed by atoms with E-state index in [1.165, 1.54) is 23.5 Å². The summed E-state index contributed by atoms with van der Waals surface area (Å²) in [4.78, 5) is 22.4. The molecule has 0 aromatic carbocycles. The van der Waals surface area contributed by atoms with Crippen molar-refractivity contribution in [2.45, 2.75) is 47.1 Å². The van der Waals surface area contributed by atoms with Gasteiger partial charge in [-0.1, -0.05) is 27.7 Å². The van der Waals surface area contributed by atoms with Gasteiger partial charge in [-0.3, -0.25) is 9.69 Å². The highest BCUT2D eigenvalue weighted by Gasteiger charge is 2.28. The van der Waals surface area contributed by atoms with E-state index in [4.69, 9.17) is 0 Å². The molecule has 28 heavy (non-hydrogen) atoms. The Kier molecular flexibility index (Phi) is 5.99. The van der Waals surface area contributed by atoms with E-state index in [-0.39, 0.29) is 5.91 Å². The number of aromatic nitrogens is 4. The lowest BCUT2D eigenvalue weighted by atomic mass is 9.95. The molecule has 0 aliphatic carbocycles. The summed E-state index contributed by atoms with van der Waals surface area (Å²) in [6, 6.07) is 0. The maximum atomic E-state index is 12.4. The van der Waals surface area contributed by atoms with Crippen molar-refractivity contribution in [3.63, 3.8) is 0 Å². The number of aryl methyl sites for hydroxylation is 1. The van der Waals surface area contributed by atoms with Crippen molar-refractivity contribution in [3.8, 4) is 0 Å². The van der Waals surface area contributed by atoms with E-state index < -0.39 is 0 Å². The summed E-state index contributed by atoms with van der Waals surface area (Å²) in [7, 11) is 0. The van der Waals surface area contributed by atoms with Gasteiger partial charge in [-0.25, -0.2) is 10.4 Å². The molecule has 0 spiro atoms. The van der Waals surface area contributed by atoms with E-state index in [0.29, 0.717) is 23.0 Å². The first-order chi connectivity index (χ1) is 13.5. The standard InChI is InChI=1S/C20H27N7O/c1-6-27(7-2)11-15-13(5)23-16(17(15)12(3)4)10-14-18(24-26-20(14)28)19-21-8-9-22-25-19/h8-10,12,23H,6-7,11H2,1-5H3,(H,26,28). The Hall–Kier alpha value is -2.87. The molecule has 0 atom stereocenters. The van der Waals surface area contributed by atoms with Crippen molar-refractivity contribution < 1.29 is 4.79 Å². The third-order valence-electron chi connectivity index (χ3n) is 5.00. The van der Waals surface area contributed by atoms with E-state index in [0.717, 1.165) is 31.0 Å². The summed E-state index contributed by atoms with van der Waals surface area (Å²) in [5.74, 6) is 0.362. The topological polar surface area (TPSA) is 99.2 Å². The SMILES string of the molecule is CCN(CC)Cc1c(C)[nH]c(C=C2C(=O)NN=C2c2nccnn2)c1C(C)C. The highest BCUT2D eigenvalue weighted by molar-refractivity contribution is 6.32. The van der Waals surface area contributed by atoms with Gasteiger partial charge in [0.15, 0.2) is 0 Å². The van der Waals surface area contributed by atoms with Gasteiger partial charge in [0.1, 0.15) is 5.71 Å². The van der Waals surface area contributed by atoms with E-state index >= 15 is 0 Å². The summed E-state index contributed by atoms with van der Waals surface area (Å²) in [5.41, 5.74) is 7.92. The van der Waals surface area contributed by atoms with Crippen LogP contribution in [0.15, 0.2) is 23.1 Å². The molecule has 8 nitrogen and oxygen atoms in total. The van der Waals surface area contributed by atoms with Gasteiger partial charge in [0.05, 0.1) is 11.8 Å². The summed E-state index contributed by atoms with van der Waals surface area (Å²) in [5, 5.41) is 11.9. The van der Waals surface area contributed by atoms with Crippen LogP contribution in [0.3, 0.4) is 0 Å². The highest BCUT2D eigenvalue weighted by Crippen LogP contribution is 2.30. The van der Waals surface area contributed by atoms with Crippen LogP contribution in [-0.2, 0) is 11.3 Å². The molecule has 8 heteroatoms. The van der Waals surface area contributed by atoms with Crippen molar-refractivity contribution in [3.05, 3.63) is 46.3 Å². The molecule has 0 radical (unpaired) electrons. The first-order valence-corrected chi connectivity index (χ1v) is 9.64. The zero-order valence-electron chi connectivity index (χ0n) is 17.1. The molecule has 3 heterocycles. The Bertz CT molecular complexity index is 908. The van der Waals surface area contributed by atoms with Gasteiger partial charge < -0.3 is 4.98 Å². The van der Waals surface area contributed by atoms with Crippen molar-refractivity contribution >= 4 is 17.7 Å². The van der Waals surface area contributed by atoms with Crippen LogP contribution < -0.4 is 5.43 Å². The largest absolute Gasteiger partial charge is 0.359 e. The number of hydrazone groups is 1. The number of nitrogens with zero attached hydrogens (tertiary/aromatic N) is 5. The normalized spacial score (nSPS) is 15.6. The fraction of sp³-hybridized carbons (Fsp3) is 0.450. The Balaban J connectivity index is 2.05. The number of H-pyrrole nitrogens is 1. The first-order valence-electron chi connectivity index (χ1n) is 9.64. The molecule has 1 aliphatic rings. The van der Waals surface area contributed by atoms with Gasteiger partial charge in [0.25, 0.3) is 5.91 Å². The minimum Gasteiger partial charge on any atom is -0.359 e. The van der Waals surface area contributed by atoms with E-state index in [1.54, 1.807) is 0 Å². The number of hydrogen-bond donors (Lipinski definition) is 2. The minimum atomic E-state index is -0.269. The van der Waals surface area contributed by atoms with Gasteiger partial charge in [-0.2, -0.15) is 10.2 Å².